The SMILES string of the molecule is NC(=O)C[C@@H]1CCCCN1CCC(=O)Nc1ccc(C(N)=O)cc1. The minimum Gasteiger partial charge on any atom is -0.370 e. The highest BCUT2D eigenvalue weighted by atomic mass is 16.2. The number of hydrogen-bond acceptors (Lipinski definition) is 4. The van der Waals surface area contributed by atoms with Gasteiger partial charge in [-0.1, -0.05) is 6.42 Å². The number of rotatable bonds is 7. The normalized spacial score (nSPS) is 18.1. The molecule has 0 radical (unpaired) electrons. The van der Waals surface area contributed by atoms with E-state index in [1.807, 2.05) is 0 Å². The molecule has 2 rings (SSSR count). The van der Waals surface area contributed by atoms with Crippen molar-refractivity contribution in [2.45, 2.75) is 38.1 Å². The fraction of sp³-hybridized carbons (Fsp3) is 0.471. The molecule has 0 unspecified atom stereocenters. The number of anilines is 1. The molecule has 130 valence electrons. The van der Waals surface area contributed by atoms with Crippen LogP contribution in [0.15, 0.2) is 24.3 Å². The van der Waals surface area contributed by atoms with E-state index in [0.29, 0.717) is 30.6 Å². The third kappa shape index (κ3) is 5.34. The maximum absolute atomic E-state index is 12.1. The molecule has 7 heteroatoms. The Kier molecular flexibility index (Phi) is 6.31. The van der Waals surface area contributed by atoms with Crippen LogP contribution >= 0.6 is 0 Å². The fourth-order valence-corrected chi connectivity index (χ4v) is 3.00. The third-order valence-electron chi connectivity index (χ3n) is 4.27. The van der Waals surface area contributed by atoms with Crippen LogP contribution in [0.4, 0.5) is 5.69 Å². The number of amides is 3. The summed E-state index contributed by atoms with van der Waals surface area (Å²) in [7, 11) is 0. The minimum atomic E-state index is -0.501. The van der Waals surface area contributed by atoms with Gasteiger partial charge in [0.2, 0.25) is 17.7 Å². The van der Waals surface area contributed by atoms with Crippen LogP contribution < -0.4 is 16.8 Å². The maximum atomic E-state index is 12.1. The molecular weight excluding hydrogens is 308 g/mol. The molecule has 0 saturated carbocycles. The highest BCUT2D eigenvalue weighted by molar-refractivity contribution is 5.94. The Balaban J connectivity index is 1.83. The molecular formula is C17H24N4O3. The van der Waals surface area contributed by atoms with Crippen LogP contribution in [0.2, 0.25) is 0 Å². The van der Waals surface area contributed by atoms with Crippen LogP contribution in [0.5, 0.6) is 0 Å². The summed E-state index contributed by atoms with van der Waals surface area (Å²) in [6.45, 7) is 1.49. The second-order valence-corrected chi connectivity index (χ2v) is 6.10. The van der Waals surface area contributed by atoms with Crippen molar-refractivity contribution in [1.82, 2.24) is 4.90 Å². The summed E-state index contributed by atoms with van der Waals surface area (Å²) >= 11 is 0. The zero-order chi connectivity index (χ0) is 17.5. The Morgan fingerprint density at radius 1 is 1.12 bits per heavy atom. The zero-order valence-corrected chi connectivity index (χ0v) is 13.7. The summed E-state index contributed by atoms with van der Waals surface area (Å²) in [5.41, 5.74) is 11.5. The van der Waals surface area contributed by atoms with Crippen molar-refractivity contribution >= 4 is 23.4 Å². The van der Waals surface area contributed by atoms with E-state index >= 15 is 0 Å². The summed E-state index contributed by atoms with van der Waals surface area (Å²) in [5, 5.41) is 2.79. The van der Waals surface area contributed by atoms with E-state index < -0.39 is 5.91 Å². The molecule has 1 atom stereocenters. The highest BCUT2D eigenvalue weighted by Gasteiger charge is 2.24. The largest absolute Gasteiger partial charge is 0.370 e. The molecule has 1 heterocycles. The van der Waals surface area contributed by atoms with E-state index in [2.05, 4.69) is 10.2 Å². The molecule has 24 heavy (non-hydrogen) atoms. The number of nitrogens with zero attached hydrogens (tertiary/aromatic N) is 1. The van der Waals surface area contributed by atoms with Gasteiger partial charge in [0.25, 0.3) is 0 Å². The Labute approximate surface area is 141 Å². The Bertz CT molecular complexity index is 600. The Hall–Kier alpha value is -2.41. The molecule has 1 aliphatic rings. The fourth-order valence-electron chi connectivity index (χ4n) is 3.00. The molecule has 1 aromatic carbocycles. The molecule has 0 bridgehead atoms. The van der Waals surface area contributed by atoms with Gasteiger partial charge in [-0.25, -0.2) is 0 Å². The molecule has 1 saturated heterocycles. The first kappa shape index (κ1) is 17.9. The number of nitrogens with one attached hydrogen (secondary N) is 1. The zero-order valence-electron chi connectivity index (χ0n) is 13.7. The predicted molar refractivity (Wildman–Crippen MR) is 91.2 cm³/mol. The van der Waals surface area contributed by atoms with Gasteiger partial charge in [0.05, 0.1) is 0 Å². The Morgan fingerprint density at radius 3 is 2.46 bits per heavy atom. The van der Waals surface area contributed by atoms with E-state index in [4.69, 9.17) is 11.5 Å². The first-order valence-electron chi connectivity index (χ1n) is 8.18. The van der Waals surface area contributed by atoms with Gasteiger partial charge in [-0.15, -0.1) is 0 Å². The molecule has 0 aromatic heterocycles. The van der Waals surface area contributed by atoms with Gasteiger partial charge in [-0.2, -0.15) is 0 Å². The van der Waals surface area contributed by atoms with E-state index in [1.165, 1.54) is 0 Å². The first-order chi connectivity index (χ1) is 11.5. The number of likely N-dealkylation sites (tertiary alicyclic amines) is 1. The standard InChI is InChI=1S/C17H24N4O3/c18-15(22)11-14-3-1-2-9-21(14)10-8-16(23)20-13-6-4-12(5-7-13)17(19)24/h4-7,14H,1-3,8-11H2,(H2,18,22)(H2,19,24)(H,20,23)/t14-/m0/s1. The Morgan fingerprint density at radius 2 is 1.83 bits per heavy atom. The second-order valence-electron chi connectivity index (χ2n) is 6.10. The van der Waals surface area contributed by atoms with Crippen molar-refractivity contribution < 1.29 is 14.4 Å². The van der Waals surface area contributed by atoms with Crippen molar-refractivity contribution in [2.24, 2.45) is 11.5 Å². The lowest BCUT2D eigenvalue weighted by molar-refractivity contribution is -0.119. The summed E-state index contributed by atoms with van der Waals surface area (Å²) in [6.07, 6.45) is 3.79. The number of hydrogen-bond donors (Lipinski definition) is 3. The smallest absolute Gasteiger partial charge is 0.248 e. The van der Waals surface area contributed by atoms with Crippen molar-refractivity contribution in [1.29, 1.82) is 0 Å². The van der Waals surface area contributed by atoms with Gasteiger partial charge in [-0.3, -0.25) is 19.3 Å². The van der Waals surface area contributed by atoms with Gasteiger partial charge in [0.15, 0.2) is 0 Å². The summed E-state index contributed by atoms with van der Waals surface area (Å²) in [4.78, 5) is 36.4. The second kappa shape index (κ2) is 8.44. The lowest BCUT2D eigenvalue weighted by atomic mass is 9.99. The molecule has 7 nitrogen and oxygen atoms in total. The molecule has 1 aliphatic heterocycles. The van der Waals surface area contributed by atoms with Crippen molar-refractivity contribution in [2.75, 3.05) is 18.4 Å². The first-order valence-corrected chi connectivity index (χ1v) is 8.18. The van der Waals surface area contributed by atoms with E-state index in [-0.39, 0.29) is 17.9 Å². The number of carbonyl (C=O) groups is 3. The molecule has 0 aliphatic carbocycles. The van der Waals surface area contributed by atoms with Crippen molar-refractivity contribution in [3.05, 3.63) is 29.8 Å². The van der Waals surface area contributed by atoms with Crippen molar-refractivity contribution in [3.8, 4) is 0 Å². The molecule has 0 spiro atoms. The highest BCUT2D eigenvalue weighted by Crippen LogP contribution is 2.20. The van der Waals surface area contributed by atoms with Gasteiger partial charge in [0.1, 0.15) is 0 Å². The predicted octanol–water partition coefficient (Wildman–Crippen LogP) is 0.844. The van der Waals surface area contributed by atoms with Crippen LogP contribution in [-0.2, 0) is 9.59 Å². The summed E-state index contributed by atoms with van der Waals surface area (Å²) < 4.78 is 0. The van der Waals surface area contributed by atoms with E-state index in [0.717, 1.165) is 25.8 Å². The van der Waals surface area contributed by atoms with Gasteiger partial charge in [-0.05, 0) is 43.7 Å². The lowest BCUT2D eigenvalue weighted by Gasteiger charge is -2.34. The summed E-state index contributed by atoms with van der Waals surface area (Å²) in [5.74, 6) is -0.908. The van der Waals surface area contributed by atoms with Crippen LogP contribution in [0.25, 0.3) is 0 Å². The van der Waals surface area contributed by atoms with Gasteiger partial charge in [0, 0.05) is 36.7 Å². The van der Waals surface area contributed by atoms with E-state index in [9.17, 15) is 14.4 Å². The molecule has 1 aromatic rings. The summed E-state index contributed by atoms with van der Waals surface area (Å²) in [6, 6.07) is 6.58. The number of primary amides is 2. The minimum absolute atomic E-state index is 0.106. The van der Waals surface area contributed by atoms with Crippen molar-refractivity contribution in [3.63, 3.8) is 0 Å². The van der Waals surface area contributed by atoms with Crippen LogP contribution in [0.3, 0.4) is 0 Å². The average Bonchev–Trinajstić information content (AvgIpc) is 2.54. The number of carbonyl (C=O) groups excluding carboxylic acids is 3. The maximum Gasteiger partial charge on any atom is 0.248 e. The molecule has 5 N–H and O–H groups in total. The number of piperidine rings is 1. The average molecular weight is 332 g/mol. The van der Waals surface area contributed by atoms with Crippen LogP contribution in [-0.4, -0.2) is 41.8 Å². The molecule has 3 amide bonds. The molecule has 1 fully saturated rings. The third-order valence-corrected chi connectivity index (χ3v) is 4.27. The lowest BCUT2D eigenvalue weighted by Crippen LogP contribution is -2.43. The number of nitrogens with two attached hydrogens (primary N) is 2. The number of benzene rings is 1. The quantitative estimate of drug-likeness (QED) is 0.685. The monoisotopic (exact) mass is 332 g/mol. The van der Waals surface area contributed by atoms with Gasteiger partial charge >= 0.3 is 0 Å². The van der Waals surface area contributed by atoms with E-state index in [1.54, 1.807) is 24.3 Å². The van der Waals surface area contributed by atoms with Crippen LogP contribution in [0, 0.1) is 0 Å². The van der Waals surface area contributed by atoms with Gasteiger partial charge < -0.3 is 16.8 Å². The topological polar surface area (TPSA) is 119 Å². The van der Waals surface area contributed by atoms with Crippen LogP contribution in [0.1, 0.15) is 42.5 Å².